The summed E-state index contributed by atoms with van der Waals surface area (Å²) in [6.45, 7) is 10.3. The minimum Gasteiger partial charge on any atom is -0.469 e. The molecule has 4 fully saturated rings. The number of hydrogen-bond donors (Lipinski definition) is 0. The Morgan fingerprint density at radius 3 is 2.20 bits per heavy atom. The van der Waals surface area contributed by atoms with Crippen molar-refractivity contribution in [1.82, 2.24) is 0 Å². The first kappa shape index (κ1) is 26.5. The van der Waals surface area contributed by atoms with Crippen LogP contribution in [0.15, 0.2) is 0 Å². The highest BCUT2D eigenvalue weighted by atomic mass is 16.5. The molecule has 10 atom stereocenters. The van der Waals surface area contributed by atoms with E-state index in [4.69, 9.17) is 14.2 Å². The fraction of sp³-hybridized carbons (Fsp3) is 0.897. The predicted molar refractivity (Wildman–Crippen MR) is 132 cm³/mol. The molecule has 0 spiro atoms. The third-order valence-electron chi connectivity index (χ3n) is 11.1. The molecule has 0 amide bonds. The zero-order chi connectivity index (χ0) is 25.5. The predicted octanol–water partition coefficient (Wildman–Crippen LogP) is 5.71. The highest BCUT2D eigenvalue weighted by Gasteiger charge is 2.63. The van der Waals surface area contributed by atoms with Crippen LogP contribution in [0.1, 0.15) is 98.8 Å². The van der Waals surface area contributed by atoms with Crippen molar-refractivity contribution in [2.75, 3.05) is 7.11 Å². The Balaban J connectivity index is 1.57. The van der Waals surface area contributed by atoms with Crippen molar-refractivity contribution in [3.05, 3.63) is 0 Å². The molecule has 0 aliphatic heterocycles. The lowest BCUT2D eigenvalue weighted by Crippen LogP contribution is -2.59. The SMILES string of the molecule is COC(=O)CC[C@@H](C)C1CCC2C3C(CC[C@@]21C)[C@@]1(C)CC[C@H](OC(C)=O)CC1C[C@H]3OC(C)=O. The van der Waals surface area contributed by atoms with E-state index in [1.54, 1.807) is 6.92 Å². The number of hydrogen-bond acceptors (Lipinski definition) is 6. The summed E-state index contributed by atoms with van der Waals surface area (Å²) < 4.78 is 16.6. The van der Waals surface area contributed by atoms with E-state index >= 15 is 0 Å². The molecule has 0 heterocycles. The van der Waals surface area contributed by atoms with Crippen molar-refractivity contribution in [3.8, 4) is 0 Å². The first-order chi connectivity index (χ1) is 16.5. The first-order valence-electron chi connectivity index (χ1n) is 13.9. The van der Waals surface area contributed by atoms with Crippen LogP contribution in [0.4, 0.5) is 0 Å². The molecule has 4 rings (SSSR count). The molecule has 35 heavy (non-hydrogen) atoms. The number of carbonyl (C=O) groups excluding carboxylic acids is 3. The molecule has 5 unspecified atom stereocenters. The van der Waals surface area contributed by atoms with Gasteiger partial charge in [0.25, 0.3) is 0 Å². The number of rotatable bonds is 6. The molecule has 0 aromatic carbocycles. The van der Waals surface area contributed by atoms with Gasteiger partial charge >= 0.3 is 17.9 Å². The largest absolute Gasteiger partial charge is 0.469 e. The maximum Gasteiger partial charge on any atom is 0.305 e. The van der Waals surface area contributed by atoms with Gasteiger partial charge in [0.15, 0.2) is 0 Å². The van der Waals surface area contributed by atoms with Gasteiger partial charge in [0.1, 0.15) is 12.2 Å². The smallest absolute Gasteiger partial charge is 0.305 e. The standard InChI is InChI=1S/C29H46O6/c1-17(7-10-26(32)33-6)22-8-9-23-27-24(12-14-29(22,23)5)28(4)13-11-21(34-18(2)30)15-20(28)16-25(27)35-19(3)31/h17,20-25,27H,7-16H2,1-6H3/t17-,20?,21+,22?,23?,24?,25-,27?,28+,29-/m1/s1. The van der Waals surface area contributed by atoms with Gasteiger partial charge in [-0.05, 0) is 98.2 Å². The summed E-state index contributed by atoms with van der Waals surface area (Å²) in [7, 11) is 1.47. The van der Waals surface area contributed by atoms with Crippen molar-refractivity contribution in [2.24, 2.45) is 46.3 Å². The average molecular weight is 491 g/mol. The van der Waals surface area contributed by atoms with Crippen LogP contribution in [0, 0.1) is 46.3 Å². The second-order valence-electron chi connectivity index (χ2n) is 12.7. The van der Waals surface area contributed by atoms with Crippen LogP contribution in [0.3, 0.4) is 0 Å². The van der Waals surface area contributed by atoms with Crippen LogP contribution < -0.4 is 0 Å². The molecule has 4 saturated carbocycles. The Morgan fingerprint density at radius 1 is 0.886 bits per heavy atom. The van der Waals surface area contributed by atoms with E-state index in [9.17, 15) is 14.4 Å². The van der Waals surface area contributed by atoms with E-state index < -0.39 is 0 Å². The van der Waals surface area contributed by atoms with Crippen LogP contribution in [0.25, 0.3) is 0 Å². The minimum absolute atomic E-state index is 0.0134. The Morgan fingerprint density at radius 2 is 1.54 bits per heavy atom. The molecule has 0 radical (unpaired) electrons. The fourth-order valence-corrected chi connectivity index (χ4v) is 9.46. The van der Waals surface area contributed by atoms with Gasteiger partial charge in [-0.25, -0.2) is 0 Å². The highest BCUT2D eigenvalue weighted by molar-refractivity contribution is 5.69. The van der Waals surface area contributed by atoms with Crippen molar-refractivity contribution in [3.63, 3.8) is 0 Å². The van der Waals surface area contributed by atoms with Crippen LogP contribution in [-0.2, 0) is 28.6 Å². The van der Waals surface area contributed by atoms with E-state index in [-0.39, 0.29) is 40.9 Å². The Labute approximate surface area is 211 Å². The zero-order valence-electron chi connectivity index (χ0n) is 22.6. The second kappa shape index (κ2) is 10.0. The number of ether oxygens (including phenoxy) is 3. The zero-order valence-corrected chi connectivity index (χ0v) is 22.6. The second-order valence-corrected chi connectivity index (χ2v) is 12.7. The normalized spacial score (nSPS) is 43.2. The van der Waals surface area contributed by atoms with E-state index in [0.717, 1.165) is 32.1 Å². The minimum atomic E-state index is -0.199. The van der Waals surface area contributed by atoms with Gasteiger partial charge in [0.05, 0.1) is 7.11 Å². The van der Waals surface area contributed by atoms with Crippen LogP contribution in [-0.4, -0.2) is 37.2 Å². The third-order valence-corrected chi connectivity index (χ3v) is 11.1. The lowest BCUT2D eigenvalue weighted by Gasteiger charge is -2.62. The molecule has 0 aromatic rings. The van der Waals surface area contributed by atoms with Gasteiger partial charge in [-0.2, -0.15) is 0 Å². The third kappa shape index (κ3) is 4.87. The summed E-state index contributed by atoms with van der Waals surface area (Å²) in [4.78, 5) is 35.6. The summed E-state index contributed by atoms with van der Waals surface area (Å²) in [5.41, 5.74) is 0.418. The Bertz CT molecular complexity index is 824. The highest BCUT2D eigenvalue weighted by Crippen LogP contribution is 2.68. The van der Waals surface area contributed by atoms with Gasteiger partial charge in [-0.3, -0.25) is 14.4 Å². The van der Waals surface area contributed by atoms with E-state index in [2.05, 4.69) is 20.8 Å². The van der Waals surface area contributed by atoms with Crippen LogP contribution in [0.2, 0.25) is 0 Å². The van der Waals surface area contributed by atoms with Crippen LogP contribution in [0.5, 0.6) is 0 Å². The topological polar surface area (TPSA) is 78.9 Å². The van der Waals surface area contributed by atoms with Gasteiger partial charge in [0.2, 0.25) is 0 Å². The maximum absolute atomic E-state index is 12.2. The first-order valence-corrected chi connectivity index (χ1v) is 13.9. The maximum atomic E-state index is 12.2. The van der Waals surface area contributed by atoms with Gasteiger partial charge in [-0.1, -0.05) is 20.8 Å². The van der Waals surface area contributed by atoms with Gasteiger partial charge in [0, 0.05) is 26.2 Å². The molecule has 0 bridgehead atoms. The van der Waals surface area contributed by atoms with Crippen molar-refractivity contribution >= 4 is 17.9 Å². The molecule has 0 aromatic heterocycles. The van der Waals surface area contributed by atoms with Gasteiger partial charge in [-0.15, -0.1) is 0 Å². The quantitative estimate of drug-likeness (QED) is 0.351. The molecule has 0 saturated heterocycles. The molecule has 6 heteroatoms. The number of methoxy groups -OCH3 is 1. The molecular formula is C29H46O6. The molecule has 0 N–H and O–H groups in total. The lowest BCUT2D eigenvalue weighted by molar-refractivity contribution is -0.197. The summed E-state index contributed by atoms with van der Waals surface area (Å²) in [5, 5.41) is 0. The monoisotopic (exact) mass is 490 g/mol. The number of esters is 3. The fourth-order valence-electron chi connectivity index (χ4n) is 9.46. The molecule has 198 valence electrons. The Hall–Kier alpha value is -1.59. The molecular weight excluding hydrogens is 444 g/mol. The Kier molecular flexibility index (Phi) is 7.60. The molecule has 4 aliphatic rings. The number of carbonyl (C=O) groups is 3. The molecule has 4 aliphatic carbocycles. The lowest BCUT2D eigenvalue weighted by atomic mass is 9.43. The van der Waals surface area contributed by atoms with E-state index in [1.165, 1.54) is 39.7 Å². The van der Waals surface area contributed by atoms with Crippen molar-refractivity contribution in [2.45, 2.75) is 111 Å². The average Bonchev–Trinajstić information content (AvgIpc) is 3.14. The molecule has 6 nitrogen and oxygen atoms in total. The number of fused-ring (bicyclic) bond motifs is 5. The summed E-state index contributed by atoms with van der Waals surface area (Å²) in [6, 6.07) is 0. The van der Waals surface area contributed by atoms with Crippen LogP contribution >= 0.6 is 0 Å². The summed E-state index contributed by atoms with van der Waals surface area (Å²) in [6.07, 6.45) is 9.80. The summed E-state index contributed by atoms with van der Waals surface area (Å²) in [5.74, 6) is 2.43. The van der Waals surface area contributed by atoms with E-state index in [0.29, 0.717) is 41.9 Å². The van der Waals surface area contributed by atoms with Crippen molar-refractivity contribution in [1.29, 1.82) is 0 Å². The summed E-state index contributed by atoms with van der Waals surface area (Å²) >= 11 is 0. The van der Waals surface area contributed by atoms with E-state index in [1.807, 2.05) is 0 Å². The van der Waals surface area contributed by atoms with Crippen molar-refractivity contribution < 1.29 is 28.6 Å². The van der Waals surface area contributed by atoms with Gasteiger partial charge < -0.3 is 14.2 Å².